The minimum absolute atomic E-state index is 0.0339. The highest BCUT2D eigenvalue weighted by atomic mass is 16.2. The van der Waals surface area contributed by atoms with Crippen LogP contribution in [-0.2, 0) is 13.6 Å². The van der Waals surface area contributed by atoms with Crippen molar-refractivity contribution in [1.29, 1.82) is 0 Å². The summed E-state index contributed by atoms with van der Waals surface area (Å²) >= 11 is 0. The zero-order chi connectivity index (χ0) is 18.1. The van der Waals surface area contributed by atoms with E-state index in [1.165, 1.54) is 11.3 Å². The Morgan fingerprint density at radius 1 is 1.32 bits per heavy atom. The van der Waals surface area contributed by atoms with E-state index in [4.69, 9.17) is 0 Å². The number of aryl methyl sites for hydroxylation is 2. The van der Waals surface area contributed by atoms with Crippen molar-refractivity contribution >= 4 is 11.7 Å². The summed E-state index contributed by atoms with van der Waals surface area (Å²) in [5, 5.41) is 7.51. The Morgan fingerprint density at radius 3 is 2.72 bits per heavy atom. The second-order valence-corrected chi connectivity index (χ2v) is 7.00. The van der Waals surface area contributed by atoms with Crippen molar-refractivity contribution in [1.82, 2.24) is 20.0 Å². The van der Waals surface area contributed by atoms with Crippen LogP contribution in [0.2, 0.25) is 0 Å². The predicted molar refractivity (Wildman–Crippen MR) is 99.6 cm³/mol. The number of hydrogen-bond acceptors (Lipinski definition) is 3. The number of para-hydroxylation sites is 1. The van der Waals surface area contributed by atoms with E-state index in [-0.39, 0.29) is 18.1 Å². The second-order valence-electron chi connectivity index (χ2n) is 7.00. The van der Waals surface area contributed by atoms with Gasteiger partial charge in [-0.2, -0.15) is 5.10 Å². The van der Waals surface area contributed by atoms with Gasteiger partial charge < -0.3 is 15.1 Å². The Kier molecular flexibility index (Phi) is 4.70. The molecule has 6 heteroatoms. The van der Waals surface area contributed by atoms with Gasteiger partial charge in [-0.05, 0) is 32.4 Å². The lowest BCUT2D eigenvalue weighted by Gasteiger charge is -2.30. The number of fused-ring (bicyclic) bond motifs is 1. The summed E-state index contributed by atoms with van der Waals surface area (Å²) in [5.74, 6) is 0. The molecular formula is C19H27N5O. The Balaban J connectivity index is 1.78. The molecule has 0 fully saturated rings. The van der Waals surface area contributed by atoms with E-state index in [0.29, 0.717) is 6.54 Å². The zero-order valence-electron chi connectivity index (χ0n) is 15.7. The Labute approximate surface area is 149 Å². The Morgan fingerprint density at radius 2 is 2.04 bits per heavy atom. The molecule has 0 spiro atoms. The number of nitrogens with zero attached hydrogens (tertiary/aromatic N) is 4. The summed E-state index contributed by atoms with van der Waals surface area (Å²) < 4.78 is 1.78. The number of carbonyl (C=O) groups is 1. The monoisotopic (exact) mass is 341 g/mol. The van der Waals surface area contributed by atoms with Crippen LogP contribution in [0.15, 0.2) is 30.5 Å². The molecule has 3 rings (SSSR count). The lowest BCUT2D eigenvalue weighted by Crippen LogP contribution is -2.47. The number of aromatic nitrogens is 2. The van der Waals surface area contributed by atoms with Crippen LogP contribution in [-0.4, -0.2) is 40.3 Å². The summed E-state index contributed by atoms with van der Waals surface area (Å²) in [5.41, 5.74) is 4.37. The van der Waals surface area contributed by atoms with E-state index >= 15 is 0 Å². The molecule has 2 amide bonds. The van der Waals surface area contributed by atoms with Gasteiger partial charge in [0.15, 0.2) is 0 Å². The van der Waals surface area contributed by atoms with Gasteiger partial charge in [-0.1, -0.05) is 18.2 Å². The van der Waals surface area contributed by atoms with E-state index < -0.39 is 0 Å². The summed E-state index contributed by atoms with van der Waals surface area (Å²) in [6, 6.07) is 8.30. The maximum Gasteiger partial charge on any atom is 0.318 e. The third-order valence-corrected chi connectivity index (χ3v) is 4.93. The quantitative estimate of drug-likeness (QED) is 0.914. The summed E-state index contributed by atoms with van der Waals surface area (Å²) in [4.78, 5) is 17.1. The first-order chi connectivity index (χ1) is 11.9. The second kappa shape index (κ2) is 6.78. The van der Waals surface area contributed by atoms with Gasteiger partial charge in [-0.3, -0.25) is 4.68 Å². The fraction of sp³-hybridized carbons (Fsp3) is 0.474. The van der Waals surface area contributed by atoms with Crippen LogP contribution >= 0.6 is 0 Å². The van der Waals surface area contributed by atoms with Crippen LogP contribution in [0.5, 0.6) is 0 Å². The molecule has 1 aromatic heterocycles. The van der Waals surface area contributed by atoms with Gasteiger partial charge >= 0.3 is 6.03 Å². The standard InChI is InChI=1S/C19H27N5O/c1-13-10-22(4)18-9-7-6-8-16(18)11-24(13)19(25)20-14(2)17-12-23(5)21-15(17)3/h6-9,12-14H,10-11H2,1-5H3,(H,20,25)/t13-,14-/m1/s1. The van der Waals surface area contributed by atoms with Crippen molar-refractivity contribution in [2.45, 2.75) is 39.4 Å². The molecule has 0 aliphatic carbocycles. The van der Waals surface area contributed by atoms with Crippen LogP contribution in [0, 0.1) is 6.92 Å². The van der Waals surface area contributed by atoms with Crippen LogP contribution in [0.25, 0.3) is 0 Å². The van der Waals surface area contributed by atoms with Crippen molar-refractivity contribution in [3.63, 3.8) is 0 Å². The average molecular weight is 341 g/mol. The first kappa shape index (κ1) is 17.3. The van der Waals surface area contributed by atoms with Crippen LogP contribution in [0.3, 0.4) is 0 Å². The van der Waals surface area contributed by atoms with Crippen LogP contribution in [0.1, 0.15) is 36.7 Å². The van der Waals surface area contributed by atoms with Crippen LogP contribution < -0.4 is 10.2 Å². The van der Waals surface area contributed by atoms with E-state index in [2.05, 4.69) is 41.4 Å². The smallest absolute Gasteiger partial charge is 0.318 e. The first-order valence-electron chi connectivity index (χ1n) is 8.73. The number of anilines is 1. The molecule has 1 aliphatic heterocycles. The summed E-state index contributed by atoms with van der Waals surface area (Å²) in [6.45, 7) is 7.50. The molecular weight excluding hydrogens is 314 g/mol. The van der Waals surface area contributed by atoms with Crippen molar-refractivity contribution in [3.05, 3.63) is 47.3 Å². The number of rotatable bonds is 2. The Bertz CT molecular complexity index is 769. The lowest BCUT2D eigenvalue weighted by atomic mass is 10.1. The Hall–Kier alpha value is -2.50. The highest BCUT2D eigenvalue weighted by molar-refractivity contribution is 5.76. The highest BCUT2D eigenvalue weighted by Gasteiger charge is 2.28. The third kappa shape index (κ3) is 3.48. The van der Waals surface area contributed by atoms with Gasteiger partial charge in [-0.25, -0.2) is 4.79 Å². The molecule has 2 atom stereocenters. The number of carbonyl (C=O) groups excluding carboxylic acids is 1. The molecule has 1 aliphatic rings. The summed E-state index contributed by atoms with van der Waals surface area (Å²) in [7, 11) is 3.98. The van der Waals surface area contributed by atoms with Crippen molar-refractivity contribution < 1.29 is 4.79 Å². The topological polar surface area (TPSA) is 53.4 Å². The molecule has 0 unspecified atom stereocenters. The SMILES string of the molecule is Cc1nn(C)cc1[C@@H](C)NC(=O)N1Cc2ccccc2N(C)C[C@H]1C. The van der Waals surface area contributed by atoms with Gasteiger partial charge in [0.2, 0.25) is 0 Å². The molecule has 25 heavy (non-hydrogen) atoms. The zero-order valence-corrected chi connectivity index (χ0v) is 15.7. The van der Waals surface area contributed by atoms with Crippen LogP contribution in [0.4, 0.5) is 10.5 Å². The highest BCUT2D eigenvalue weighted by Crippen LogP contribution is 2.26. The molecule has 0 saturated heterocycles. The molecule has 2 aromatic rings. The number of hydrogen-bond donors (Lipinski definition) is 1. The van der Waals surface area contributed by atoms with E-state index in [1.807, 2.05) is 44.1 Å². The van der Waals surface area contributed by atoms with Gasteiger partial charge in [0, 0.05) is 50.7 Å². The molecule has 1 N–H and O–H groups in total. The predicted octanol–water partition coefficient (Wildman–Crippen LogP) is 2.84. The van der Waals surface area contributed by atoms with Crippen molar-refractivity contribution in [3.8, 4) is 0 Å². The number of likely N-dealkylation sites (N-methyl/N-ethyl adjacent to an activating group) is 1. The van der Waals surface area contributed by atoms with E-state index in [0.717, 1.165) is 17.8 Å². The maximum absolute atomic E-state index is 12.9. The largest absolute Gasteiger partial charge is 0.372 e. The van der Waals surface area contributed by atoms with Gasteiger partial charge in [-0.15, -0.1) is 0 Å². The van der Waals surface area contributed by atoms with Crippen molar-refractivity contribution in [2.24, 2.45) is 7.05 Å². The first-order valence-corrected chi connectivity index (χ1v) is 8.73. The molecule has 134 valence electrons. The lowest BCUT2D eigenvalue weighted by molar-refractivity contribution is 0.175. The minimum Gasteiger partial charge on any atom is -0.372 e. The molecule has 6 nitrogen and oxygen atoms in total. The minimum atomic E-state index is -0.0790. The number of urea groups is 1. The summed E-state index contributed by atoms with van der Waals surface area (Å²) in [6.07, 6.45) is 1.97. The van der Waals surface area contributed by atoms with Gasteiger partial charge in [0.05, 0.1) is 11.7 Å². The fourth-order valence-electron chi connectivity index (χ4n) is 3.61. The van der Waals surface area contributed by atoms with Crippen molar-refractivity contribution in [2.75, 3.05) is 18.5 Å². The number of benzene rings is 1. The van der Waals surface area contributed by atoms with Gasteiger partial charge in [0.1, 0.15) is 0 Å². The van der Waals surface area contributed by atoms with E-state index in [1.54, 1.807) is 4.68 Å². The molecule has 0 saturated carbocycles. The van der Waals surface area contributed by atoms with Gasteiger partial charge in [0.25, 0.3) is 0 Å². The fourth-order valence-corrected chi connectivity index (χ4v) is 3.61. The molecule has 2 heterocycles. The molecule has 0 bridgehead atoms. The molecule has 1 aromatic carbocycles. The number of nitrogens with one attached hydrogen (secondary N) is 1. The maximum atomic E-state index is 12.9. The normalized spacial score (nSPS) is 18.5. The van der Waals surface area contributed by atoms with E-state index in [9.17, 15) is 4.79 Å². The average Bonchev–Trinajstić information content (AvgIpc) is 2.84. The third-order valence-electron chi connectivity index (χ3n) is 4.93. The molecule has 0 radical (unpaired) electrons. The number of amides is 2.